The number of nitrogens with zero attached hydrogens (tertiary/aromatic N) is 2. The predicted octanol–water partition coefficient (Wildman–Crippen LogP) is 0.208. The van der Waals surface area contributed by atoms with E-state index in [4.69, 9.17) is 16.0 Å². The molecule has 5 nitrogen and oxygen atoms in total. The van der Waals surface area contributed by atoms with Gasteiger partial charge in [-0.15, -0.1) is 5.10 Å². The summed E-state index contributed by atoms with van der Waals surface area (Å²) in [6.45, 7) is 2.46. The molecule has 0 unspecified atom stereocenters. The van der Waals surface area contributed by atoms with Gasteiger partial charge in [-0.1, -0.05) is 0 Å². The largest absolute Gasteiger partial charge is 0.464 e. The molecule has 72 valence electrons. The number of guanidine groups is 1. The van der Waals surface area contributed by atoms with Crippen LogP contribution in [-0.2, 0) is 6.54 Å². The van der Waals surface area contributed by atoms with E-state index in [1.54, 1.807) is 11.9 Å². The van der Waals surface area contributed by atoms with E-state index in [1.165, 1.54) is 0 Å². The predicted molar refractivity (Wildman–Crippen MR) is 50.7 cm³/mol. The first-order valence-electron chi connectivity index (χ1n) is 3.93. The standard InChI is InChI=1S/C8H14N4O/c1-6-3-4-7(13-6)5-12(2)8(9)11-10/h3-4H,5,10H2,1-2H3,(H2,9,11). The van der Waals surface area contributed by atoms with Gasteiger partial charge in [0.2, 0.25) is 5.96 Å². The smallest absolute Gasteiger partial charge is 0.213 e. The SMILES string of the molecule is Cc1ccc(CN(C)/C(N)=N/N)o1. The van der Waals surface area contributed by atoms with Crippen molar-refractivity contribution in [2.24, 2.45) is 16.7 Å². The Morgan fingerprint density at radius 2 is 2.31 bits per heavy atom. The Bertz CT molecular complexity index is 305. The Labute approximate surface area is 77.0 Å². The summed E-state index contributed by atoms with van der Waals surface area (Å²) in [5, 5.41) is 3.37. The normalized spacial score (nSPS) is 11.7. The van der Waals surface area contributed by atoms with Crippen LogP contribution in [0, 0.1) is 6.92 Å². The minimum absolute atomic E-state index is 0.286. The van der Waals surface area contributed by atoms with Gasteiger partial charge in [-0.05, 0) is 19.1 Å². The zero-order chi connectivity index (χ0) is 9.84. The molecule has 0 aromatic carbocycles. The van der Waals surface area contributed by atoms with Gasteiger partial charge in [0.05, 0.1) is 6.54 Å². The highest BCUT2D eigenvalue weighted by Gasteiger charge is 2.05. The van der Waals surface area contributed by atoms with Crippen LogP contribution in [0.4, 0.5) is 0 Å². The molecule has 1 rings (SSSR count). The van der Waals surface area contributed by atoms with Crippen LogP contribution in [0.3, 0.4) is 0 Å². The highest BCUT2D eigenvalue weighted by Crippen LogP contribution is 2.07. The molecule has 0 bridgehead atoms. The Kier molecular flexibility index (Phi) is 2.79. The van der Waals surface area contributed by atoms with Crippen molar-refractivity contribution in [2.45, 2.75) is 13.5 Å². The van der Waals surface area contributed by atoms with Gasteiger partial charge in [-0.3, -0.25) is 0 Å². The minimum Gasteiger partial charge on any atom is -0.464 e. The van der Waals surface area contributed by atoms with Gasteiger partial charge in [-0.25, -0.2) is 0 Å². The summed E-state index contributed by atoms with van der Waals surface area (Å²) in [5.74, 6) is 7.03. The Hall–Kier alpha value is -1.65. The molecule has 0 aliphatic heterocycles. The van der Waals surface area contributed by atoms with Gasteiger partial charge < -0.3 is 20.9 Å². The van der Waals surface area contributed by atoms with Gasteiger partial charge >= 0.3 is 0 Å². The van der Waals surface area contributed by atoms with Crippen LogP contribution in [0.1, 0.15) is 11.5 Å². The Morgan fingerprint density at radius 3 is 2.77 bits per heavy atom. The number of furan rings is 1. The third-order valence-corrected chi connectivity index (χ3v) is 1.71. The fourth-order valence-corrected chi connectivity index (χ4v) is 0.983. The highest BCUT2D eigenvalue weighted by molar-refractivity contribution is 5.77. The Morgan fingerprint density at radius 1 is 1.62 bits per heavy atom. The average Bonchev–Trinajstić information content (AvgIpc) is 2.49. The van der Waals surface area contributed by atoms with Gasteiger partial charge in [0, 0.05) is 7.05 Å². The molecule has 0 saturated heterocycles. The molecule has 1 aromatic heterocycles. The molecule has 1 heterocycles. The van der Waals surface area contributed by atoms with Crippen LogP contribution in [0.25, 0.3) is 0 Å². The molecule has 4 N–H and O–H groups in total. The molecule has 0 atom stereocenters. The first-order chi connectivity index (χ1) is 6.13. The van der Waals surface area contributed by atoms with Crippen molar-refractivity contribution in [1.82, 2.24) is 4.90 Å². The summed E-state index contributed by atoms with van der Waals surface area (Å²) in [6, 6.07) is 3.80. The number of aryl methyl sites for hydroxylation is 1. The molecule has 0 saturated carbocycles. The summed E-state index contributed by atoms with van der Waals surface area (Å²) in [4.78, 5) is 1.71. The van der Waals surface area contributed by atoms with Crippen molar-refractivity contribution in [2.75, 3.05) is 7.05 Å². The van der Waals surface area contributed by atoms with Gasteiger partial charge in [0.15, 0.2) is 0 Å². The fraction of sp³-hybridized carbons (Fsp3) is 0.375. The van der Waals surface area contributed by atoms with Crippen molar-refractivity contribution in [3.8, 4) is 0 Å². The topological polar surface area (TPSA) is 80.8 Å². The maximum atomic E-state index is 5.48. The first-order valence-corrected chi connectivity index (χ1v) is 3.93. The van der Waals surface area contributed by atoms with E-state index < -0.39 is 0 Å². The van der Waals surface area contributed by atoms with Crippen LogP contribution < -0.4 is 11.6 Å². The number of hydrogen-bond acceptors (Lipinski definition) is 3. The summed E-state index contributed by atoms with van der Waals surface area (Å²) in [5.41, 5.74) is 5.48. The highest BCUT2D eigenvalue weighted by atomic mass is 16.3. The molecule has 13 heavy (non-hydrogen) atoms. The summed E-state index contributed by atoms with van der Waals surface area (Å²) in [6.07, 6.45) is 0. The van der Waals surface area contributed by atoms with E-state index in [0.717, 1.165) is 11.5 Å². The van der Waals surface area contributed by atoms with E-state index in [-0.39, 0.29) is 5.96 Å². The molecular weight excluding hydrogens is 168 g/mol. The lowest BCUT2D eigenvalue weighted by Crippen LogP contribution is -2.34. The maximum absolute atomic E-state index is 5.48. The van der Waals surface area contributed by atoms with Crippen LogP contribution >= 0.6 is 0 Å². The first kappa shape index (κ1) is 9.44. The monoisotopic (exact) mass is 182 g/mol. The lowest BCUT2D eigenvalue weighted by atomic mass is 10.4. The number of rotatable bonds is 2. The van der Waals surface area contributed by atoms with Crippen molar-refractivity contribution >= 4 is 5.96 Å². The molecule has 0 spiro atoms. The third kappa shape index (κ3) is 2.40. The van der Waals surface area contributed by atoms with E-state index in [2.05, 4.69) is 5.10 Å². The van der Waals surface area contributed by atoms with Crippen LogP contribution in [0.5, 0.6) is 0 Å². The number of nitrogens with two attached hydrogens (primary N) is 2. The maximum Gasteiger partial charge on any atom is 0.213 e. The zero-order valence-electron chi connectivity index (χ0n) is 7.82. The molecule has 0 fully saturated rings. The Balaban J connectivity index is 2.59. The van der Waals surface area contributed by atoms with Crippen LogP contribution in [0.2, 0.25) is 0 Å². The summed E-state index contributed by atoms with van der Waals surface area (Å²) in [7, 11) is 1.80. The van der Waals surface area contributed by atoms with Crippen molar-refractivity contribution in [3.05, 3.63) is 23.7 Å². The molecule has 1 aromatic rings. The fourth-order valence-electron chi connectivity index (χ4n) is 0.983. The zero-order valence-corrected chi connectivity index (χ0v) is 7.82. The summed E-state index contributed by atoms with van der Waals surface area (Å²) >= 11 is 0. The third-order valence-electron chi connectivity index (χ3n) is 1.71. The molecule has 0 amide bonds. The van der Waals surface area contributed by atoms with E-state index >= 15 is 0 Å². The second-order valence-corrected chi connectivity index (χ2v) is 2.86. The molecular formula is C8H14N4O. The lowest BCUT2D eigenvalue weighted by Gasteiger charge is -2.14. The van der Waals surface area contributed by atoms with Crippen LogP contribution in [-0.4, -0.2) is 17.9 Å². The molecule has 0 radical (unpaired) electrons. The molecule has 0 aliphatic carbocycles. The number of hydrazone groups is 1. The van der Waals surface area contributed by atoms with Crippen molar-refractivity contribution in [3.63, 3.8) is 0 Å². The molecule has 0 aliphatic rings. The second-order valence-electron chi connectivity index (χ2n) is 2.86. The summed E-state index contributed by atoms with van der Waals surface area (Å²) < 4.78 is 5.36. The van der Waals surface area contributed by atoms with E-state index in [0.29, 0.717) is 6.54 Å². The van der Waals surface area contributed by atoms with Crippen LogP contribution in [0.15, 0.2) is 21.7 Å². The number of hydrogen-bond donors (Lipinski definition) is 2. The van der Waals surface area contributed by atoms with Crippen molar-refractivity contribution in [1.29, 1.82) is 0 Å². The van der Waals surface area contributed by atoms with Gasteiger partial charge in [0.25, 0.3) is 0 Å². The average molecular weight is 182 g/mol. The second kappa shape index (κ2) is 3.84. The minimum atomic E-state index is 0.286. The van der Waals surface area contributed by atoms with Crippen molar-refractivity contribution < 1.29 is 4.42 Å². The van der Waals surface area contributed by atoms with Gasteiger partial charge in [0.1, 0.15) is 11.5 Å². The lowest BCUT2D eigenvalue weighted by molar-refractivity contribution is 0.397. The molecule has 5 heteroatoms. The van der Waals surface area contributed by atoms with Gasteiger partial charge in [-0.2, -0.15) is 0 Å². The van der Waals surface area contributed by atoms with E-state index in [9.17, 15) is 0 Å². The van der Waals surface area contributed by atoms with E-state index in [1.807, 2.05) is 19.1 Å². The quantitative estimate of drug-likeness (QED) is 0.296.